The minimum absolute atomic E-state index is 0.0366. The number of thiazole rings is 1. The van der Waals surface area contributed by atoms with Crippen LogP contribution in [0, 0.1) is 17.0 Å². The van der Waals surface area contributed by atoms with Crippen LogP contribution in [0.5, 0.6) is 11.5 Å². The quantitative estimate of drug-likeness (QED) is 0.459. The van der Waals surface area contributed by atoms with Crippen LogP contribution in [0.3, 0.4) is 0 Å². The Labute approximate surface area is 171 Å². The first kappa shape index (κ1) is 20.3. The van der Waals surface area contributed by atoms with Crippen LogP contribution in [0.2, 0.25) is 0 Å². The summed E-state index contributed by atoms with van der Waals surface area (Å²) in [6, 6.07) is 10.2. The maximum atomic E-state index is 12.4. The molecule has 0 atom stereocenters. The predicted molar refractivity (Wildman–Crippen MR) is 111 cm³/mol. The van der Waals surface area contributed by atoms with Crippen LogP contribution in [0.25, 0.3) is 11.3 Å². The van der Waals surface area contributed by atoms with Gasteiger partial charge in [0.25, 0.3) is 5.69 Å². The lowest BCUT2D eigenvalue weighted by molar-refractivity contribution is -0.385. The van der Waals surface area contributed by atoms with Gasteiger partial charge in [-0.05, 0) is 24.6 Å². The zero-order valence-electron chi connectivity index (χ0n) is 16.1. The molecule has 0 aliphatic rings. The van der Waals surface area contributed by atoms with Gasteiger partial charge in [0.2, 0.25) is 5.91 Å². The van der Waals surface area contributed by atoms with Crippen LogP contribution in [-0.4, -0.2) is 30.0 Å². The van der Waals surface area contributed by atoms with Crippen molar-refractivity contribution in [1.29, 1.82) is 0 Å². The predicted octanol–water partition coefficient (Wildman–Crippen LogP) is 4.23. The van der Waals surface area contributed by atoms with Crippen LogP contribution < -0.4 is 14.8 Å². The van der Waals surface area contributed by atoms with E-state index in [1.165, 1.54) is 24.5 Å². The van der Waals surface area contributed by atoms with Crippen molar-refractivity contribution in [3.8, 4) is 22.8 Å². The van der Waals surface area contributed by atoms with Crippen molar-refractivity contribution < 1.29 is 19.2 Å². The highest BCUT2D eigenvalue weighted by molar-refractivity contribution is 7.14. The second kappa shape index (κ2) is 8.70. The van der Waals surface area contributed by atoms with E-state index in [1.54, 1.807) is 49.7 Å². The SMILES string of the molecule is COc1ccc(CC(=O)Nc2nc(-c3ccc(C)c([N+](=O)[O-])c3)cs2)cc1OC. The Bertz CT molecular complexity index is 1060. The molecule has 0 saturated carbocycles. The van der Waals surface area contributed by atoms with E-state index in [2.05, 4.69) is 10.3 Å². The van der Waals surface area contributed by atoms with Gasteiger partial charge in [0.15, 0.2) is 16.6 Å². The number of methoxy groups -OCH3 is 2. The molecular weight excluding hydrogens is 394 g/mol. The lowest BCUT2D eigenvalue weighted by atomic mass is 10.1. The number of nitrogens with zero attached hydrogens (tertiary/aromatic N) is 2. The van der Waals surface area contributed by atoms with Crippen LogP contribution in [0.4, 0.5) is 10.8 Å². The normalized spacial score (nSPS) is 10.4. The molecule has 1 heterocycles. The summed E-state index contributed by atoms with van der Waals surface area (Å²) >= 11 is 1.26. The minimum Gasteiger partial charge on any atom is -0.493 e. The molecule has 150 valence electrons. The van der Waals surface area contributed by atoms with Gasteiger partial charge < -0.3 is 14.8 Å². The van der Waals surface area contributed by atoms with Gasteiger partial charge in [-0.25, -0.2) is 4.98 Å². The van der Waals surface area contributed by atoms with E-state index in [1.807, 2.05) is 0 Å². The number of aromatic nitrogens is 1. The van der Waals surface area contributed by atoms with Crippen LogP contribution >= 0.6 is 11.3 Å². The van der Waals surface area contributed by atoms with Gasteiger partial charge in [0.05, 0.1) is 31.3 Å². The second-order valence-electron chi connectivity index (χ2n) is 6.21. The van der Waals surface area contributed by atoms with Gasteiger partial charge in [-0.1, -0.05) is 18.2 Å². The molecule has 3 aromatic rings. The fourth-order valence-corrected chi connectivity index (χ4v) is 3.50. The molecule has 0 radical (unpaired) electrons. The highest BCUT2D eigenvalue weighted by Gasteiger charge is 2.15. The number of aryl methyl sites for hydroxylation is 1. The Balaban J connectivity index is 1.71. The standard InChI is InChI=1S/C20H19N3O5S/c1-12-4-6-14(10-16(12)23(25)26)15-11-29-20(21-15)22-19(24)9-13-5-7-17(27-2)18(8-13)28-3/h4-8,10-11H,9H2,1-3H3,(H,21,22,24). The zero-order chi connectivity index (χ0) is 21.0. The average molecular weight is 413 g/mol. The van der Waals surface area contributed by atoms with E-state index in [4.69, 9.17) is 9.47 Å². The first-order chi connectivity index (χ1) is 13.9. The number of benzene rings is 2. The van der Waals surface area contributed by atoms with E-state index >= 15 is 0 Å². The third-order valence-corrected chi connectivity index (χ3v) is 5.02. The van der Waals surface area contributed by atoms with E-state index in [-0.39, 0.29) is 18.0 Å². The Morgan fingerprint density at radius 3 is 2.62 bits per heavy atom. The number of carbonyl (C=O) groups excluding carboxylic acids is 1. The van der Waals surface area contributed by atoms with Crippen LogP contribution in [-0.2, 0) is 11.2 Å². The Kier molecular flexibility index (Phi) is 6.08. The van der Waals surface area contributed by atoms with E-state index < -0.39 is 4.92 Å². The van der Waals surface area contributed by atoms with E-state index in [9.17, 15) is 14.9 Å². The molecule has 0 unspecified atom stereocenters. The van der Waals surface area contributed by atoms with Crippen molar-refractivity contribution >= 4 is 28.1 Å². The van der Waals surface area contributed by atoms with Gasteiger partial charge in [-0.3, -0.25) is 14.9 Å². The van der Waals surface area contributed by atoms with Gasteiger partial charge in [0.1, 0.15) is 0 Å². The molecule has 8 nitrogen and oxygen atoms in total. The number of hydrogen-bond acceptors (Lipinski definition) is 7. The van der Waals surface area contributed by atoms with Gasteiger partial charge >= 0.3 is 0 Å². The van der Waals surface area contributed by atoms with Gasteiger partial charge in [-0.2, -0.15) is 0 Å². The molecule has 3 rings (SSSR count). The number of ether oxygens (including phenoxy) is 2. The number of hydrogen-bond donors (Lipinski definition) is 1. The van der Waals surface area contributed by atoms with Crippen molar-refractivity contribution in [3.05, 3.63) is 63.0 Å². The summed E-state index contributed by atoms with van der Waals surface area (Å²) in [4.78, 5) is 27.4. The molecular formula is C20H19N3O5S. The fraction of sp³-hybridized carbons (Fsp3) is 0.200. The first-order valence-electron chi connectivity index (χ1n) is 8.63. The molecule has 0 fully saturated rings. The zero-order valence-corrected chi connectivity index (χ0v) is 16.9. The highest BCUT2D eigenvalue weighted by Crippen LogP contribution is 2.30. The molecule has 1 aromatic heterocycles. The van der Waals surface area contributed by atoms with E-state index in [0.717, 1.165) is 5.56 Å². The van der Waals surface area contributed by atoms with Crippen molar-refractivity contribution in [1.82, 2.24) is 4.98 Å². The molecule has 9 heteroatoms. The summed E-state index contributed by atoms with van der Waals surface area (Å²) in [6.07, 6.45) is 0.144. The number of carbonyl (C=O) groups is 1. The van der Waals surface area contributed by atoms with Crippen molar-refractivity contribution in [2.75, 3.05) is 19.5 Å². The molecule has 0 spiro atoms. The maximum Gasteiger partial charge on any atom is 0.272 e. The number of nitrogens with one attached hydrogen (secondary N) is 1. The molecule has 29 heavy (non-hydrogen) atoms. The summed E-state index contributed by atoms with van der Waals surface area (Å²) in [5.74, 6) is 0.914. The molecule has 0 bridgehead atoms. The van der Waals surface area contributed by atoms with Crippen molar-refractivity contribution in [3.63, 3.8) is 0 Å². The molecule has 1 N–H and O–H groups in total. The largest absolute Gasteiger partial charge is 0.493 e. The molecule has 0 saturated heterocycles. The summed E-state index contributed by atoms with van der Waals surface area (Å²) in [5.41, 5.74) is 2.58. The van der Waals surface area contributed by atoms with Gasteiger partial charge in [-0.15, -0.1) is 11.3 Å². The summed E-state index contributed by atoms with van der Waals surface area (Å²) in [6.45, 7) is 1.68. The maximum absolute atomic E-state index is 12.4. The summed E-state index contributed by atoms with van der Waals surface area (Å²) < 4.78 is 10.4. The fourth-order valence-electron chi connectivity index (χ4n) is 2.77. The van der Waals surface area contributed by atoms with Crippen LogP contribution in [0.15, 0.2) is 41.8 Å². The summed E-state index contributed by atoms with van der Waals surface area (Å²) in [5, 5.41) is 16.1. The Hall–Kier alpha value is -3.46. The molecule has 1 amide bonds. The Morgan fingerprint density at radius 2 is 1.93 bits per heavy atom. The second-order valence-corrected chi connectivity index (χ2v) is 7.07. The third kappa shape index (κ3) is 4.69. The van der Waals surface area contributed by atoms with Crippen molar-refractivity contribution in [2.24, 2.45) is 0 Å². The Morgan fingerprint density at radius 1 is 1.17 bits per heavy atom. The lowest BCUT2D eigenvalue weighted by Gasteiger charge is -2.09. The number of amides is 1. The smallest absolute Gasteiger partial charge is 0.272 e. The highest BCUT2D eigenvalue weighted by atomic mass is 32.1. The first-order valence-corrected chi connectivity index (χ1v) is 9.51. The number of nitro groups is 1. The third-order valence-electron chi connectivity index (χ3n) is 4.26. The van der Waals surface area contributed by atoms with Gasteiger partial charge in [0, 0.05) is 22.6 Å². The lowest BCUT2D eigenvalue weighted by Crippen LogP contribution is -2.14. The minimum atomic E-state index is -0.420. The van der Waals surface area contributed by atoms with E-state index in [0.29, 0.717) is 33.5 Å². The molecule has 0 aliphatic heterocycles. The molecule has 0 aliphatic carbocycles. The van der Waals surface area contributed by atoms with Crippen molar-refractivity contribution in [2.45, 2.75) is 13.3 Å². The number of rotatable bonds is 7. The average Bonchev–Trinajstić information content (AvgIpc) is 3.16. The van der Waals surface area contributed by atoms with Crippen LogP contribution in [0.1, 0.15) is 11.1 Å². The monoisotopic (exact) mass is 413 g/mol. The summed E-state index contributed by atoms with van der Waals surface area (Å²) in [7, 11) is 3.08. The topological polar surface area (TPSA) is 104 Å². The number of anilines is 1. The molecule has 2 aromatic carbocycles. The number of nitro benzene ring substituents is 1.